The third kappa shape index (κ3) is 4.32. The molecule has 3 N–H and O–H groups in total. The Hall–Kier alpha value is -2.35. The second kappa shape index (κ2) is 6.89. The molecule has 2 rings (SSSR count). The summed E-state index contributed by atoms with van der Waals surface area (Å²) in [6.07, 6.45) is 3.11. The van der Waals surface area contributed by atoms with Gasteiger partial charge in [0.2, 0.25) is 5.91 Å². The largest absolute Gasteiger partial charge is 0.472 e. The van der Waals surface area contributed by atoms with Gasteiger partial charge in [0, 0.05) is 39.1 Å². The summed E-state index contributed by atoms with van der Waals surface area (Å²) in [5, 5.41) is 2.03. The number of imide groups is 1. The van der Waals surface area contributed by atoms with Gasteiger partial charge in [-0.2, -0.15) is 0 Å². The molecule has 2 heterocycles. The highest BCUT2D eigenvalue weighted by Crippen LogP contribution is 2.09. The van der Waals surface area contributed by atoms with E-state index in [1.165, 1.54) is 12.5 Å². The first-order valence-corrected chi connectivity index (χ1v) is 6.69. The molecule has 1 aromatic heterocycles. The lowest BCUT2D eigenvalue weighted by Crippen LogP contribution is -2.49. The van der Waals surface area contributed by atoms with Crippen LogP contribution in [-0.2, 0) is 4.79 Å². The Morgan fingerprint density at radius 1 is 1.24 bits per heavy atom. The number of nitrogens with two attached hydrogens (primary N) is 1. The first-order valence-electron chi connectivity index (χ1n) is 6.69. The summed E-state index contributed by atoms with van der Waals surface area (Å²) in [4.78, 5) is 37.7. The van der Waals surface area contributed by atoms with Crippen LogP contribution in [0, 0.1) is 0 Å². The number of piperazine rings is 1. The fourth-order valence-corrected chi connectivity index (χ4v) is 2.20. The molecule has 0 radical (unpaired) electrons. The molecule has 0 aliphatic carbocycles. The first-order chi connectivity index (χ1) is 10.1. The van der Waals surface area contributed by atoms with Crippen LogP contribution in [0.2, 0.25) is 0 Å². The van der Waals surface area contributed by atoms with Crippen LogP contribution < -0.4 is 11.1 Å². The molecular weight excluding hydrogens is 276 g/mol. The number of nitrogens with zero attached hydrogens (tertiary/aromatic N) is 2. The van der Waals surface area contributed by atoms with Crippen LogP contribution in [0.4, 0.5) is 4.79 Å². The summed E-state index contributed by atoms with van der Waals surface area (Å²) in [6.45, 7) is 3.11. The van der Waals surface area contributed by atoms with E-state index in [1.54, 1.807) is 11.0 Å². The van der Waals surface area contributed by atoms with Crippen molar-refractivity contribution in [1.29, 1.82) is 0 Å². The van der Waals surface area contributed by atoms with Gasteiger partial charge in [-0.25, -0.2) is 4.79 Å². The van der Waals surface area contributed by atoms with E-state index in [-0.39, 0.29) is 18.2 Å². The van der Waals surface area contributed by atoms with Crippen LogP contribution in [0.5, 0.6) is 0 Å². The number of carbonyl (C=O) groups is 3. The first kappa shape index (κ1) is 15.0. The minimum Gasteiger partial charge on any atom is -0.472 e. The van der Waals surface area contributed by atoms with Crippen LogP contribution in [0.3, 0.4) is 0 Å². The van der Waals surface area contributed by atoms with Crippen molar-refractivity contribution in [2.24, 2.45) is 5.73 Å². The molecule has 0 bridgehead atoms. The van der Waals surface area contributed by atoms with E-state index in [2.05, 4.69) is 4.90 Å². The maximum atomic E-state index is 12.1. The monoisotopic (exact) mass is 294 g/mol. The van der Waals surface area contributed by atoms with Crippen LogP contribution in [0.1, 0.15) is 16.8 Å². The van der Waals surface area contributed by atoms with Gasteiger partial charge in [0.25, 0.3) is 5.91 Å². The predicted molar refractivity (Wildman–Crippen MR) is 73.4 cm³/mol. The average Bonchev–Trinajstić information content (AvgIpc) is 2.98. The number of nitrogens with one attached hydrogen (secondary N) is 1. The molecule has 0 atom stereocenters. The van der Waals surface area contributed by atoms with Gasteiger partial charge in [-0.15, -0.1) is 0 Å². The molecule has 114 valence electrons. The second-order valence-corrected chi connectivity index (χ2v) is 4.81. The molecular formula is C13H18N4O4. The molecule has 1 aliphatic rings. The number of carbonyl (C=O) groups excluding carboxylic acids is 3. The van der Waals surface area contributed by atoms with Gasteiger partial charge in [0.15, 0.2) is 0 Å². The van der Waals surface area contributed by atoms with Crippen LogP contribution in [-0.4, -0.2) is 60.4 Å². The average molecular weight is 294 g/mol. The lowest BCUT2D eigenvalue weighted by atomic mass is 10.2. The zero-order valence-electron chi connectivity index (χ0n) is 11.6. The molecule has 1 fully saturated rings. The zero-order valence-corrected chi connectivity index (χ0v) is 11.6. The van der Waals surface area contributed by atoms with Crippen molar-refractivity contribution in [3.05, 3.63) is 24.2 Å². The predicted octanol–water partition coefficient (Wildman–Crippen LogP) is -0.378. The molecule has 21 heavy (non-hydrogen) atoms. The Balaban J connectivity index is 1.72. The summed E-state index contributed by atoms with van der Waals surface area (Å²) >= 11 is 0. The van der Waals surface area contributed by atoms with Gasteiger partial charge in [0.05, 0.1) is 11.8 Å². The Labute approximate surface area is 121 Å². The minimum atomic E-state index is -0.837. The van der Waals surface area contributed by atoms with Crippen LogP contribution in [0.15, 0.2) is 23.0 Å². The maximum Gasteiger partial charge on any atom is 0.318 e. The highest BCUT2D eigenvalue weighted by atomic mass is 16.3. The Bertz CT molecular complexity index is 506. The smallest absolute Gasteiger partial charge is 0.318 e. The quantitative estimate of drug-likeness (QED) is 0.787. The summed E-state index contributed by atoms with van der Waals surface area (Å²) in [7, 11) is 0. The maximum absolute atomic E-state index is 12.1. The number of furan rings is 1. The SMILES string of the molecule is NC(=O)NC(=O)CCN1CCN(C(=O)c2ccoc2)CC1. The van der Waals surface area contributed by atoms with Crippen molar-refractivity contribution in [3.8, 4) is 0 Å². The van der Waals surface area contributed by atoms with E-state index in [0.29, 0.717) is 38.3 Å². The third-order valence-corrected chi connectivity index (χ3v) is 3.35. The summed E-state index contributed by atoms with van der Waals surface area (Å²) in [6, 6.07) is 0.804. The molecule has 0 unspecified atom stereocenters. The number of amides is 4. The molecule has 1 aliphatic heterocycles. The number of hydrogen-bond acceptors (Lipinski definition) is 5. The van der Waals surface area contributed by atoms with Crippen molar-refractivity contribution < 1.29 is 18.8 Å². The number of urea groups is 1. The molecule has 8 nitrogen and oxygen atoms in total. The highest BCUT2D eigenvalue weighted by molar-refractivity contribution is 5.94. The normalized spacial score (nSPS) is 15.7. The highest BCUT2D eigenvalue weighted by Gasteiger charge is 2.22. The van der Waals surface area contributed by atoms with Crippen molar-refractivity contribution >= 4 is 17.8 Å². The number of hydrogen-bond donors (Lipinski definition) is 2. The number of rotatable bonds is 4. The summed E-state index contributed by atoms with van der Waals surface area (Å²) in [5.74, 6) is -0.436. The molecule has 0 saturated carbocycles. The fourth-order valence-electron chi connectivity index (χ4n) is 2.20. The van der Waals surface area contributed by atoms with Gasteiger partial charge in [-0.3, -0.25) is 19.8 Å². The topological polar surface area (TPSA) is 109 Å². The third-order valence-electron chi connectivity index (χ3n) is 3.35. The Morgan fingerprint density at radius 3 is 2.52 bits per heavy atom. The minimum absolute atomic E-state index is 0.0464. The van der Waals surface area contributed by atoms with E-state index < -0.39 is 6.03 Å². The van der Waals surface area contributed by atoms with Crippen molar-refractivity contribution in [1.82, 2.24) is 15.1 Å². The van der Waals surface area contributed by atoms with Gasteiger partial charge in [-0.05, 0) is 6.07 Å². The van der Waals surface area contributed by atoms with E-state index in [4.69, 9.17) is 10.2 Å². The summed E-state index contributed by atoms with van der Waals surface area (Å²) < 4.78 is 4.90. The fraction of sp³-hybridized carbons (Fsp3) is 0.462. The molecule has 1 saturated heterocycles. The van der Waals surface area contributed by atoms with E-state index in [1.807, 2.05) is 5.32 Å². The summed E-state index contributed by atoms with van der Waals surface area (Å²) in [5.41, 5.74) is 5.41. The number of primary amides is 1. The lowest BCUT2D eigenvalue weighted by Gasteiger charge is -2.34. The molecule has 0 aromatic carbocycles. The van der Waals surface area contributed by atoms with Crippen LogP contribution in [0.25, 0.3) is 0 Å². The molecule has 0 spiro atoms. The van der Waals surface area contributed by atoms with E-state index in [0.717, 1.165) is 0 Å². The standard InChI is InChI=1S/C13H18N4O4/c14-13(20)15-11(18)1-3-16-4-6-17(7-5-16)12(19)10-2-8-21-9-10/h2,8-9H,1,3-7H2,(H3,14,15,18,20). The second-order valence-electron chi connectivity index (χ2n) is 4.81. The van der Waals surface area contributed by atoms with Gasteiger partial charge in [-0.1, -0.05) is 0 Å². The van der Waals surface area contributed by atoms with Crippen molar-refractivity contribution in [2.75, 3.05) is 32.7 Å². The lowest BCUT2D eigenvalue weighted by molar-refractivity contribution is -0.120. The van der Waals surface area contributed by atoms with Gasteiger partial charge in [0.1, 0.15) is 6.26 Å². The Morgan fingerprint density at radius 2 is 1.95 bits per heavy atom. The van der Waals surface area contributed by atoms with E-state index in [9.17, 15) is 14.4 Å². The van der Waals surface area contributed by atoms with Crippen molar-refractivity contribution in [3.63, 3.8) is 0 Å². The van der Waals surface area contributed by atoms with Crippen molar-refractivity contribution in [2.45, 2.75) is 6.42 Å². The molecule has 1 aromatic rings. The van der Waals surface area contributed by atoms with Gasteiger partial charge < -0.3 is 15.1 Å². The molecule has 8 heteroatoms. The zero-order chi connectivity index (χ0) is 15.2. The van der Waals surface area contributed by atoms with E-state index >= 15 is 0 Å². The van der Waals surface area contributed by atoms with Gasteiger partial charge >= 0.3 is 6.03 Å². The molecule has 4 amide bonds. The Kier molecular flexibility index (Phi) is 4.94. The van der Waals surface area contributed by atoms with Crippen LogP contribution >= 0.6 is 0 Å².